The van der Waals surface area contributed by atoms with E-state index in [0.717, 1.165) is 11.7 Å². The molecule has 0 spiro atoms. The summed E-state index contributed by atoms with van der Waals surface area (Å²) in [5.41, 5.74) is 9.95. The second-order valence-corrected chi connectivity index (χ2v) is 5.51. The molecule has 92 valence electrons. The van der Waals surface area contributed by atoms with Gasteiger partial charge in [0.1, 0.15) is 0 Å². The van der Waals surface area contributed by atoms with Crippen molar-refractivity contribution < 1.29 is 0 Å². The Kier molecular flexibility index (Phi) is 3.06. The van der Waals surface area contributed by atoms with Crippen molar-refractivity contribution in [3.8, 4) is 0 Å². The van der Waals surface area contributed by atoms with Gasteiger partial charge in [-0.1, -0.05) is 31.4 Å². The molecule has 1 aromatic carbocycles. The average molecular weight is 230 g/mol. The SMILES string of the molecule is Nc1cccc2c1C(NC1CCCCC1)CC2. The lowest BCUT2D eigenvalue weighted by Gasteiger charge is -2.27. The summed E-state index contributed by atoms with van der Waals surface area (Å²) in [4.78, 5) is 0. The summed E-state index contributed by atoms with van der Waals surface area (Å²) < 4.78 is 0. The summed E-state index contributed by atoms with van der Waals surface area (Å²) in [5.74, 6) is 0. The summed E-state index contributed by atoms with van der Waals surface area (Å²) in [6, 6.07) is 7.58. The second kappa shape index (κ2) is 4.69. The molecule has 1 unspecified atom stereocenters. The smallest absolute Gasteiger partial charge is 0.0365 e. The number of nitrogens with two attached hydrogens (primary N) is 1. The predicted molar refractivity (Wildman–Crippen MR) is 71.9 cm³/mol. The maximum atomic E-state index is 6.13. The third-order valence-corrected chi connectivity index (χ3v) is 4.32. The molecule has 17 heavy (non-hydrogen) atoms. The molecular weight excluding hydrogens is 208 g/mol. The van der Waals surface area contributed by atoms with Gasteiger partial charge in [-0.05, 0) is 42.9 Å². The number of hydrogen-bond acceptors (Lipinski definition) is 2. The molecule has 1 atom stereocenters. The van der Waals surface area contributed by atoms with Gasteiger partial charge >= 0.3 is 0 Å². The molecule has 1 saturated carbocycles. The molecule has 2 heteroatoms. The van der Waals surface area contributed by atoms with Gasteiger partial charge in [0.2, 0.25) is 0 Å². The third-order valence-electron chi connectivity index (χ3n) is 4.32. The summed E-state index contributed by atoms with van der Waals surface area (Å²) in [7, 11) is 0. The van der Waals surface area contributed by atoms with Crippen LogP contribution in [0.1, 0.15) is 55.7 Å². The van der Waals surface area contributed by atoms with E-state index in [1.54, 1.807) is 0 Å². The fourth-order valence-electron chi connectivity index (χ4n) is 3.44. The molecule has 0 heterocycles. The van der Waals surface area contributed by atoms with E-state index in [9.17, 15) is 0 Å². The zero-order valence-corrected chi connectivity index (χ0v) is 10.4. The van der Waals surface area contributed by atoms with Crippen molar-refractivity contribution in [1.29, 1.82) is 0 Å². The Morgan fingerprint density at radius 3 is 2.71 bits per heavy atom. The van der Waals surface area contributed by atoms with Gasteiger partial charge in [-0.15, -0.1) is 0 Å². The topological polar surface area (TPSA) is 38.0 Å². The first kappa shape index (κ1) is 11.1. The van der Waals surface area contributed by atoms with E-state index >= 15 is 0 Å². The zero-order valence-electron chi connectivity index (χ0n) is 10.4. The van der Waals surface area contributed by atoms with Crippen LogP contribution < -0.4 is 11.1 Å². The molecule has 0 saturated heterocycles. The minimum Gasteiger partial charge on any atom is -0.398 e. The van der Waals surface area contributed by atoms with Gasteiger partial charge in [0.25, 0.3) is 0 Å². The van der Waals surface area contributed by atoms with Crippen molar-refractivity contribution in [1.82, 2.24) is 5.32 Å². The van der Waals surface area contributed by atoms with Crippen LogP contribution in [0.4, 0.5) is 5.69 Å². The molecule has 2 nitrogen and oxygen atoms in total. The molecule has 1 aromatic rings. The van der Waals surface area contributed by atoms with Crippen molar-refractivity contribution in [2.45, 2.75) is 57.0 Å². The normalized spacial score (nSPS) is 24.8. The largest absolute Gasteiger partial charge is 0.398 e. The first-order chi connectivity index (χ1) is 8.34. The maximum absolute atomic E-state index is 6.13. The van der Waals surface area contributed by atoms with Crippen molar-refractivity contribution in [3.05, 3.63) is 29.3 Å². The number of nitrogen functional groups attached to an aromatic ring is 1. The van der Waals surface area contributed by atoms with Gasteiger partial charge in [-0.3, -0.25) is 0 Å². The van der Waals surface area contributed by atoms with Crippen LogP contribution in [0.15, 0.2) is 18.2 Å². The molecule has 3 rings (SSSR count). The molecular formula is C15H22N2. The Balaban J connectivity index is 1.74. The van der Waals surface area contributed by atoms with E-state index in [1.165, 1.54) is 56.1 Å². The van der Waals surface area contributed by atoms with Gasteiger partial charge in [0, 0.05) is 17.8 Å². The van der Waals surface area contributed by atoms with Gasteiger partial charge in [-0.2, -0.15) is 0 Å². The van der Waals surface area contributed by atoms with E-state index in [2.05, 4.69) is 17.4 Å². The Morgan fingerprint density at radius 1 is 1.06 bits per heavy atom. The Bertz CT molecular complexity index is 394. The van der Waals surface area contributed by atoms with Crippen LogP contribution in [0.5, 0.6) is 0 Å². The van der Waals surface area contributed by atoms with Crippen LogP contribution in [0.25, 0.3) is 0 Å². The van der Waals surface area contributed by atoms with Crippen molar-refractivity contribution in [2.24, 2.45) is 0 Å². The summed E-state index contributed by atoms with van der Waals surface area (Å²) in [5, 5.41) is 3.83. The van der Waals surface area contributed by atoms with E-state index < -0.39 is 0 Å². The summed E-state index contributed by atoms with van der Waals surface area (Å²) in [6.07, 6.45) is 9.30. The molecule has 0 amide bonds. The first-order valence-electron chi connectivity index (χ1n) is 6.98. The number of hydrogen-bond donors (Lipinski definition) is 2. The highest BCUT2D eigenvalue weighted by molar-refractivity contribution is 5.54. The van der Waals surface area contributed by atoms with Crippen LogP contribution in [-0.4, -0.2) is 6.04 Å². The van der Waals surface area contributed by atoms with Crippen LogP contribution in [-0.2, 0) is 6.42 Å². The lowest BCUT2D eigenvalue weighted by molar-refractivity contribution is 0.338. The van der Waals surface area contributed by atoms with Crippen molar-refractivity contribution in [3.63, 3.8) is 0 Å². The van der Waals surface area contributed by atoms with Crippen LogP contribution in [0.3, 0.4) is 0 Å². The molecule has 0 aromatic heterocycles. The van der Waals surface area contributed by atoms with Gasteiger partial charge in [-0.25, -0.2) is 0 Å². The molecule has 0 bridgehead atoms. The summed E-state index contributed by atoms with van der Waals surface area (Å²) >= 11 is 0. The highest BCUT2D eigenvalue weighted by Crippen LogP contribution is 2.36. The molecule has 1 fully saturated rings. The summed E-state index contributed by atoms with van der Waals surface area (Å²) in [6.45, 7) is 0. The Morgan fingerprint density at radius 2 is 1.88 bits per heavy atom. The number of aryl methyl sites for hydroxylation is 1. The van der Waals surface area contributed by atoms with Crippen LogP contribution >= 0.6 is 0 Å². The predicted octanol–water partition coefficient (Wildman–Crippen LogP) is 3.18. The number of rotatable bonds is 2. The third kappa shape index (κ3) is 2.19. The average Bonchev–Trinajstić information content (AvgIpc) is 2.75. The highest BCUT2D eigenvalue weighted by atomic mass is 15.0. The van der Waals surface area contributed by atoms with Gasteiger partial charge in [0.05, 0.1) is 0 Å². The van der Waals surface area contributed by atoms with Crippen molar-refractivity contribution in [2.75, 3.05) is 5.73 Å². The van der Waals surface area contributed by atoms with E-state index in [4.69, 9.17) is 5.73 Å². The van der Waals surface area contributed by atoms with Crippen molar-refractivity contribution >= 4 is 5.69 Å². The number of anilines is 1. The van der Waals surface area contributed by atoms with Gasteiger partial charge < -0.3 is 11.1 Å². The fourth-order valence-corrected chi connectivity index (χ4v) is 3.44. The number of nitrogens with one attached hydrogen (secondary N) is 1. The second-order valence-electron chi connectivity index (χ2n) is 5.51. The maximum Gasteiger partial charge on any atom is 0.0365 e. The molecule has 0 aliphatic heterocycles. The minimum atomic E-state index is 0.509. The molecule has 2 aliphatic carbocycles. The monoisotopic (exact) mass is 230 g/mol. The number of benzene rings is 1. The Hall–Kier alpha value is -1.02. The van der Waals surface area contributed by atoms with E-state index in [0.29, 0.717) is 6.04 Å². The fraction of sp³-hybridized carbons (Fsp3) is 0.600. The lowest BCUT2D eigenvalue weighted by Crippen LogP contribution is -2.33. The Labute approximate surface area is 104 Å². The molecule has 3 N–H and O–H groups in total. The van der Waals surface area contributed by atoms with Crippen LogP contribution in [0, 0.1) is 0 Å². The van der Waals surface area contributed by atoms with E-state index in [-0.39, 0.29) is 0 Å². The van der Waals surface area contributed by atoms with E-state index in [1.807, 2.05) is 6.07 Å². The molecule has 0 radical (unpaired) electrons. The lowest BCUT2D eigenvalue weighted by atomic mass is 9.94. The first-order valence-corrected chi connectivity index (χ1v) is 6.98. The quantitative estimate of drug-likeness (QED) is 0.766. The minimum absolute atomic E-state index is 0.509. The standard InChI is InChI=1S/C15H22N2/c16-13-8-4-5-11-9-10-14(15(11)13)17-12-6-2-1-3-7-12/h4-5,8,12,14,17H,1-3,6-7,9-10,16H2. The number of fused-ring (bicyclic) bond motifs is 1. The van der Waals surface area contributed by atoms with Crippen LogP contribution in [0.2, 0.25) is 0 Å². The highest BCUT2D eigenvalue weighted by Gasteiger charge is 2.26. The zero-order chi connectivity index (χ0) is 11.7. The van der Waals surface area contributed by atoms with Gasteiger partial charge in [0.15, 0.2) is 0 Å². The molecule has 2 aliphatic rings.